The van der Waals surface area contributed by atoms with Crippen LogP contribution in [0.3, 0.4) is 0 Å². The van der Waals surface area contributed by atoms with E-state index in [1.54, 1.807) is 38.2 Å². The molecular weight excluding hydrogens is 298 g/mol. The first kappa shape index (κ1) is 17.3. The van der Waals surface area contributed by atoms with Gasteiger partial charge in [0.15, 0.2) is 0 Å². The highest BCUT2D eigenvalue weighted by Gasteiger charge is 2.19. The molecule has 126 valence electrons. The molecule has 0 bridgehead atoms. The van der Waals surface area contributed by atoms with Crippen molar-refractivity contribution in [1.82, 2.24) is 4.90 Å². The van der Waals surface area contributed by atoms with Crippen molar-refractivity contribution < 1.29 is 24.2 Å². The molecule has 0 saturated carbocycles. The van der Waals surface area contributed by atoms with Crippen LogP contribution in [0.2, 0.25) is 0 Å². The fourth-order valence-corrected chi connectivity index (χ4v) is 2.48. The van der Waals surface area contributed by atoms with Gasteiger partial charge in [-0.15, -0.1) is 0 Å². The molecule has 2 atom stereocenters. The van der Waals surface area contributed by atoms with Crippen LogP contribution in [0.5, 0.6) is 5.75 Å². The van der Waals surface area contributed by atoms with Crippen LogP contribution in [0, 0.1) is 5.92 Å². The summed E-state index contributed by atoms with van der Waals surface area (Å²) < 4.78 is 11.2. The molecule has 2 unspecified atom stereocenters. The number of amides is 1. The third-order valence-corrected chi connectivity index (χ3v) is 3.86. The van der Waals surface area contributed by atoms with Gasteiger partial charge in [0.1, 0.15) is 12.4 Å². The minimum Gasteiger partial charge on any atom is -0.491 e. The molecular formula is C17H23NO5. The van der Waals surface area contributed by atoms with Gasteiger partial charge < -0.3 is 19.5 Å². The molecule has 2 rings (SSSR count). The van der Waals surface area contributed by atoms with E-state index < -0.39 is 11.9 Å². The highest BCUT2D eigenvalue weighted by molar-refractivity contribution is 5.94. The molecule has 1 heterocycles. The van der Waals surface area contributed by atoms with Crippen molar-refractivity contribution in [2.75, 3.05) is 26.8 Å². The number of carbonyl (C=O) groups excluding carboxylic acids is 1. The number of rotatable bonds is 7. The lowest BCUT2D eigenvalue weighted by atomic mass is 10.1. The Balaban J connectivity index is 1.94. The van der Waals surface area contributed by atoms with Crippen molar-refractivity contribution in [2.24, 2.45) is 5.92 Å². The van der Waals surface area contributed by atoms with E-state index in [4.69, 9.17) is 14.6 Å². The van der Waals surface area contributed by atoms with Gasteiger partial charge >= 0.3 is 5.97 Å². The first-order valence-corrected chi connectivity index (χ1v) is 7.80. The molecule has 0 aliphatic carbocycles. The number of carbonyl (C=O) groups is 2. The van der Waals surface area contributed by atoms with Crippen molar-refractivity contribution in [2.45, 2.75) is 25.9 Å². The van der Waals surface area contributed by atoms with Crippen LogP contribution in [-0.2, 0) is 9.53 Å². The Morgan fingerprint density at radius 1 is 1.48 bits per heavy atom. The van der Waals surface area contributed by atoms with Crippen LogP contribution >= 0.6 is 0 Å². The van der Waals surface area contributed by atoms with E-state index in [1.807, 2.05) is 0 Å². The van der Waals surface area contributed by atoms with Crippen LogP contribution in [0.4, 0.5) is 0 Å². The lowest BCUT2D eigenvalue weighted by molar-refractivity contribution is -0.141. The quantitative estimate of drug-likeness (QED) is 0.831. The van der Waals surface area contributed by atoms with Crippen LogP contribution in [0.25, 0.3) is 0 Å². The molecule has 1 N–H and O–H groups in total. The summed E-state index contributed by atoms with van der Waals surface area (Å²) in [5, 5.41) is 8.93. The van der Waals surface area contributed by atoms with E-state index in [2.05, 4.69) is 0 Å². The number of hydrogen-bond donors (Lipinski definition) is 1. The zero-order valence-corrected chi connectivity index (χ0v) is 13.5. The number of ether oxygens (including phenoxy) is 2. The Morgan fingerprint density at radius 3 is 2.91 bits per heavy atom. The Labute approximate surface area is 136 Å². The molecule has 0 aromatic heterocycles. The van der Waals surface area contributed by atoms with Gasteiger partial charge in [-0.2, -0.15) is 0 Å². The number of carboxylic acid groups (broad SMARTS) is 1. The molecule has 0 radical (unpaired) electrons. The fourth-order valence-electron chi connectivity index (χ4n) is 2.48. The predicted molar refractivity (Wildman–Crippen MR) is 84.7 cm³/mol. The summed E-state index contributed by atoms with van der Waals surface area (Å²) in [6.07, 6.45) is 2.17. The van der Waals surface area contributed by atoms with Crippen molar-refractivity contribution in [3.05, 3.63) is 29.8 Å². The Hall–Kier alpha value is -2.08. The molecule has 0 spiro atoms. The van der Waals surface area contributed by atoms with Gasteiger partial charge in [0, 0.05) is 25.8 Å². The van der Waals surface area contributed by atoms with Gasteiger partial charge in [0.2, 0.25) is 0 Å². The van der Waals surface area contributed by atoms with Crippen molar-refractivity contribution >= 4 is 11.9 Å². The monoisotopic (exact) mass is 321 g/mol. The maximum absolute atomic E-state index is 12.4. The van der Waals surface area contributed by atoms with Gasteiger partial charge in [-0.1, -0.05) is 13.0 Å². The van der Waals surface area contributed by atoms with Gasteiger partial charge in [-0.3, -0.25) is 9.59 Å². The van der Waals surface area contributed by atoms with Crippen molar-refractivity contribution in [3.63, 3.8) is 0 Å². The summed E-state index contributed by atoms with van der Waals surface area (Å²) in [6.45, 7) is 2.99. The summed E-state index contributed by atoms with van der Waals surface area (Å²) in [5.41, 5.74) is 0.481. The lowest BCUT2D eigenvalue weighted by Crippen LogP contribution is -2.33. The summed E-state index contributed by atoms with van der Waals surface area (Å²) in [6, 6.07) is 6.93. The van der Waals surface area contributed by atoms with Crippen LogP contribution < -0.4 is 4.74 Å². The van der Waals surface area contributed by atoms with Crippen molar-refractivity contribution in [3.8, 4) is 5.75 Å². The van der Waals surface area contributed by atoms with Gasteiger partial charge in [-0.05, 0) is 31.0 Å². The molecule has 1 fully saturated rings. The third kappa shape index (κ3) is 4.96. The summed E-state index contributed by atoms with van der Waals surface area (Å²) in [5.74, 6) is -1.13. The van der Waals surface area contributed by atoms with Crippen molar-refractivity contribution in [1.29, 1.82) is 0 Å². The van der Waals surface area contributed by atoms with Crippen LogP contribution in [-0.4, -0.2) is 54.8 Å². The Kier molecular flexibility index (Phi) is 5.98. The minimum atomic E-state index is -0.918. The summed E-state index contributed by atoms with van der Waals surface area (Å²) in [7, 11) is 1.60. The average Bonchev–Trinajstić information content (AvgIpc) is 3.05. The lowest BCUT2D eigenvalue weighted by Gasteiger charge is -2.20. The zero-order valence-electron chi connectivity index (χ0n) is 13.5. The predicted octanol–water partition coefficient (Wildman–Crippen LogP) is 2.04. The minimum absolute atomic E-state index is 0.119. The normalized spacial score (nSPS) is 18.4. The SMILES string of the molecule is CC(CN(C)C(=O)c1cccc(OCC2CCCO2)c1)C(=O)O. The molecule has 6 nitrogen and oxygen atoms in total. The maximum atomic E-state index is 12.4. The highest BCUT2D eigenvalue weighted by atomic mass is 16.5. The first-order valence-electron chi connectivity index (χ1n) is 7.80. The Morgan fingerprint density at radius 2 is 2.26 bits per heavy atom. The van der Waals surface area contributed by atoms with Gasteiger partial charge in [0.05, 0.1) is 12.0 Å². The van der Waals surface area contributed by atoms with Crippen LogP contribution in [0.1, 0.15) is 30.1 Å². The second kappa shape index (κ2) is 7.97. The summed E-state index contributed by atoms with van der Waals surface area (Å²) >= 11 is 0. The molecule has 1 aromatic rings. The number of nitrogens with zero attached hydrogens (tertiary/aromatic N) is 1. The molecule has 1 amide bonds. The Bertz CT molecular complexity index is 554. The highest BCUT2D eigenvalue weighted by Crippen LogP contribution is 2.18. The van der Waals surface area contributed by atoms with Gasteiger partial charge in [0.25, 0.3) is 5.91 Å². The molecule has 1 aliphatic heterocycles. The molecule has 1 aromatic carbocycles. The number of hydrogen-bond acceptors (Lipinski definition) is 4. The second-order valence-corrected chi connectivity index (χ2v) is 5.90. The number of aliphatic carboxylic acids is 1. The van der Waals surface area contributed by atoms with Crippen LogP contribution in [0.15, 0.2) is 24.3 Å². The fraction of sp³-hybridized carbons (Fsp3) is 0.529. The second-order valence-electron chi connectivity index (χ2n) is 5.90. The summed E-state index contributed by atoms with van der Waals surface area (Å²) in [4.78, 5) is 24.7. The first-order chi connectivity index (χ1) is 11.0. The zero-order chi connectivity index (χ0) is 16.8. The molecule has 1 aliphatic rings. The largest absolute Gasteiger partial charge is 0.491 e. The smallest absolute Gasteiger partial charge is 0.308 e. The molecule has 23 heavy (non-hydrogen) atoms. The van der Waals surface area contributed by atoms with E-state index in [1.165, 1.54) is 4.90 Å². The standard InChI is InChI=1S/C17H23NO5/c1-12(17(20)21)10-18(2)16(19)13-5-3-6-14(9-13)23-11-15-7-4-8-22-15/h3,5-6,9,12,15H,4,7-8,10-11H2,1-2H3,(H,20,21). The number of carboxylic acids is 1. The van der Waals surface area contributed by atoms with E-state index >= 15 is 0 Å². The molecule has 6 heteroatoms. The average molecular weight is 321 g/mol. The molecule has 1 saturated heterocycles. The van der Waals surface area contributed by atoms with E-state index in [0.717, 1.165) is 19.4 Å². The van der Waals surface area contributed by atoms with E-state index in [-0.39, 0.29) is 18.6 Å². The van der Waals surface area contributed by atoms with E-state index in [9.17, 15) is 9.59 Å². The van der Waals surface area contributed by atoms with E-state index in [0.29, 0.717) is 17.9 Å². The topological polar surface area (TPSA) is 76.1 Å². The third-order valence-electron chi connectivity index (χ3n) is 3.86. The maximum Gasteiger partial charge on any atom is 0.308 e. The number of benzene rings is 1. The van der Waals surface area contributed by atoms with Gasteiger partial charge in [-0.25, -0.2) is 0 Å².